The molecule has 3 fully saturated rings. The predicted molar refractivity (Wildman–Crippen MR) is 131 cm³/mol. The number of carbonyl (C=O) groups is 2. The molecular formula is C28H37N3O4. The molecule has 0 saturated heterocycles. The Bertz CT molecular complexity index is 985. The molecule has 4 rings (SSSR count). The van der Waals surface area contributed by atoms with Gasteiger partial charge in [0.2, 0.25) is 0 Å². The van der Waals surface area contributed by atoms with Crippen molar-refractivity contribution in [2.24, 2.45) is 11.3 Å². The largest absolute Gasteiger partial charge is 0.443 e. The minimum atomic E-state index is -0.990. The summed E-state index contributed by atoms with van der Waals surface area (Å²) >= 11 is 0. The molecule has 3 aliphatic carbocycles. The average molecular weight is 480 g/mol. The van der Waals surface area contributed by atoms with Gasteiger partial charge in [-0.25, -0.2) is 9.59 Å². The lowest BCUT2D eigenvalue weighted by molar-refractivity contribution is -0.0171. The van der Waals surface area contributed by atoms with Crippen molar-refractivity contribution in [3.63, 3.8) is 0 Å². The van der Waals surface area contributed by atoms with Gasteiger partial charge in [0.1, 0.15) is 17.2 Å². The van der Waals surface area contributed by atoms with E-state index in [0.29, 0.717) is 23.8 Å². The zero-order valence-corrected chi connectivity index (χ0v) is 21.8. The average Bonchev–Trinajstić information content (AvgIpc) is 2.76. The number of hydrogen-bond donors (Lipinski definition) is 0. The summed E-state index contributed by atoms with van der Waals surface area (Å²) in [4.78, 5) is 27.1. The predicted octanol–water partition coefficient (Wildman–Crippen LogP) is 6.68. The highest BCUT2D eigenvalue weighted by Gasteiger charge is 2.49. The van der Waals surface area contributed by atoms with Crippen molar-refractivity contribution in [3.05, 3.63) is 35.4 Å². The number of benzene rings is 1. The number of nitriles is 2. The summed E-state index contributed by atoms with van der Waals surface area (Å²) in [5.74, 6) is 0.902. The van der Waals surface area contributed by atoms with Crippen molar-refractivity contribution in [3.8, 4) is 12.1 Å². The van der Waals surface area contributed by atoms with Gasteiger partial charge in [-0.05, 0) is 115 Å². The Kier molecular flexibility index (Phi) is 7.50. The second-order valence-electron chi connectivity index (χ2n) is 12.1. The third kappa shape index (κ3) is 6.54. The van der Waals surface area contributed by atoms with Crippen molar-refractivity contribution < 1.29 is 19.1 Å². The summed E-state index contributed by atoms with van der Waals surface area (Å²) in [6.45, 7) is 10.4. The maximum Gasteiger partial charge on any atom is 0.420 e. The van der Waals surface area contributed by atoms with E-state index in [0.717, 1.165) is 37.0 Å². The van der Waals surface area contributed by atoms with Gasteiger partial charge in [0.15, 0.2) is 0 Å². The Balaban J connectivity index is 1.86. The molecule has 2 atom stereocenters. The van der Waals surface area contributed by atoms with E-state index < -0.39 is 29.4 Å². The van der Waals surface area contributed by atoms with Gasteiger partial charge in [0, 0.05) is 0 Å². The molecule has 35 heavy (non-hydrogen) atoms. The van der Waals surface area contributed by atoms with Crippen LogP contribution in [0, 0.1) is 34.0 Å². The van der Waals surface area contributed by atoms with Crippen LogP contribution in [0.2, 0.25) is 0 Å². The zero-order valence-electron chi connectivity index (χ0n) is 21.8. The third-order valence-corrected chi connectivity index (χ3v) is 7.05. The van der Waals surface area contributed by atoms with Crippen LogP contribution >= 0.6 is 0 Å². The standard InChI is InChI=1S/C28H37N3O4/c1-26(2,3)34-24(32)31(25(33)35-27(4,5)6)22(18-30)15-28-13-11-21(12-14-28)23(16-28)20-9-7-19(17-29)8-10-20/h7-10,21-23H,11-16H2,1-6H3. The Morgan fingerprint density at radius 3 is 1.94 bits per heavy atom. The van der Waals surface area contributed by atoms with E-state index in [2.05, 4.69) is 12.1 Å². The van der Waals surface area contributed by atoms with E-state index in [1.807, 2.05) is 24.3 Å². The molecule has 0 aliphatic heterocycles. The summed E-state index contributed by atoms with van der Waals surface area (Å²) in [5, 5.41) is 19.3. The molecule has 0 heterocycles. The van der Waals surface area contributed by atoms with E-state index >= 15 is 0 Å². The molecule has 2 amide bonds. The molecule has 7 heteroatoms. The van der Waals surface area contributed by atoms with Crippen molar-refractivity contribution in [1.29, 1.82) is 10.5 Å². The lowest BCUT2D eigenvalue weighted by Gasteiger charge is -2.52. The number of ether oxygens (including phenoxy) is 2. The summed E-state index contributed by atoms with van der Waals surface area (Å²) in [6.07, 6.45) is 3.56. The highest BCUT2D eigenvalue weighted by molar-refractivity contribution is 5.89. The maximum atomic E-state index is 13.1. The van der Waals surface area contributed by atoms with Crippen LogP contribution < -0.4 is 0 Å². The summed E-state index contributed by atoms with van der Waals surface area (Å²) in [7, 11) is 0. The molecule has 0 radical (unpaired) electrons. The number of hydrogen-bond acceptors (Lipinski definition) is 6. The Morgan fingerprint density at radius 1 is 1.00 bits per heavy atom. The maximum absolute atomic E-state index is 13.1. The van der Waals surface area contributed by atoms with Crippen LogP contribution in [0.4, 0.5) is 9.59 Å². The SMILES string of the molecule is CC(C)(C)OC(=O)N(C(=O)OC(C)(C)C)C(C#N)CC12CCC(CC1)C(c1ccc(C#N)cc1)C2. The molecule has 1 aromatic carbocycles. The molecule has 7 nitrogen and oxygen atoms in total. The highest BCUT2D eigenvalue weighted by Crippen LogP contribution is 2.58. The topological polar surface area (TPSA) is 103 Å². The molecule has 0 spiro atoms. The highest BCUT2D eigenvalue weighted by atomic mass is 16.6. The van der Waals surface area contributed by atoms with Crippen LogP contribution in [-0.2, 0) is 9.47 Å². The van der Waals surface area contributed by atoms with Gasteiger partial charge in [-0.1, -0.05) is 12.1 Å². The molecule has 3 saturated carbocycles. The normalized spacial score (nSPS) is 24.6. The number of carbonyl (C=O) groups excluding carboxylic acids is 2. The molecule has 3 aliphatic rings. The number of amides is 2. The Labute approximate surface area is 209 Å². The molecule has 1 aromatic rings. The second-order valence-corrected chi connectivity index (χ2v) is 12.1. The van der Waals surface area contributed by atoms with Gasteiger partial charge in [-0.15, -0.1) is 0 Å². The minimum absolute atomic E-state index is 0.157. The first-order valence-electron chi connectivity index (χ1n) is 12.4. The van der Waals surface area contributed by atoms with Crippen LogP contribution in [0.25, 0.3) is 0 Å². The second kappa shape index (κ2) is 9.90. The van der Waals surface area contributed by atoms with Crippen LogP contribution in [0.1, 0.15) is 97.1 Å². The van der Waals surface area contributed by atoms with Crippen LogP contribution in [0.15, 0.2) is 24.3 Å². The van der Waals surface area contributed by atoms with Crippen LogP contribution in [0.3, 0.4) is 0 Å². The summed E-state index contributed by atoms with van der Waals surface area (Å²) in [5.41, 5.74) is 0.0517. The van der Waals surface area contributed by atoms with Gasteiger partial charge >= 0.3 is 12.2 Å². The minimum Gasteiger partial charge on any atom is -0.443 e. The first-order valence-corrected chi connectivity index (χ1v) is 12.4. The number of imide groups is 1. The van der Waals surface area contributed by atoms with Crippen LogP contribution in [0.5, 0.6) is 0 Å². The molecule has 0 N–H and O–H groups in total. The van der Waals surface area contributed by atoms with E-state index in [9.17, 15) is 14.9 Å². The first kappa shape index (κ1) is 26.5. The molecule has 2 unspecified atom stereocenters. The van der Waals surface area contributed by atoms with Crippen LogP contribution in [-0.4, -0.2) is 34.3 Å². The van der Waals surface area contributed by atoms with E-state index in [-0.39, 0.29) is 5.41 Å². The number of fused-ring (bicyclic) bond motifs is 3. The van der Waals surface area contributed by atoms with Gasteiger partial charge < -0.3 is 9.47 Å². The first-order chi connectivity index (χ1) is 16.3. The molecule has 0 aromatic heterocycles. The lowest BCUT2D eigenvalue weighted by Crippen LogP contribution is -2.51. The summed E-state index contributed by atoms with van der Waals surface area (Å²) < 4.78 is 11.0. The van der Waals surface area contributed by atoms with E-state index in [4.69, 9.17) is 14.7 Å². The van der Waals surface area contributed by atoms with Gasteiger partial charge in [-0.3, -0.25) is 0 Å². The van der Waals surface area contributed by atoms with E-state index in [1.54, 1.807) is 41.5 Å². The molecule has 2 bridgehead atoms. The number of rotatable bonds is 4. The lowest BCUT2D eigenvalue weighted by atomic mass is 9.53. The van der Waals surface area contributed by atoms with Gasteiger partial charge in [0.25, 0.3) is 0 Å². The van der Waals surface area contributed by atoms with Crippen molar-refractivity contribution in [2.75, 3.05) is 0 Å². The van der Waals surface area contributed by atoms with E-state index in [1.165, 1.54) is 5.56 Å². The smallest absolute Gasteiger partial charge is 0.420 e. The molecular weight excluding hydrogens is 442 g/mol. The van der Waals surface area contributed by atoms with Crippen molar-refractivity contribution in [1.82, 2.24) is 4.90 Å². The number of nitrogens with zero attached hydrogens (tertiary/aromatic N) is 3. The van der Waals surface area contributed by atoms with Gasteiger partial charge in [0.05, 0.1) is 17.7 Å². The summed E-state index contributed by atoms with van der Waals surface area (Å²) in [6, 6.07) is 11.2. The quantitative estimate of drug-likeness (QED) is 0.477. The zero-order chi connectivity index (χ0) is 26.0. The fourth-order valence-corrected chi connectivity index (χ4v) is 5.53. The Morgan fingerprint density at radius 2 is 1.51 bits per heavy atom. The fraction of sp³-hybridized carbons (Fsp3) is 0.643. The fourth-order valence-electron chi connectivity index (χ4n) is 5.53. The van der Waals surface area contributed by atoms with Crippen molar-refractivity contribution in [2.45, 2.75) is 103 Å². The molecule has 188 valence electrons. The van der Waals surface area contributed by atoms with Crippen molar-refractivity contribution >= 4 is 12.2 Å². The van der Waals surface area contributed by atoms with Gasteiger partial charge in [-0.2, -0.15) is 15.4 Å². The Hall–Kier alpha value is -3.06. The monoisotopic (exact) mass is 479 g/mol. The third-order valence-electron chi connectivity index (χ3n) is 7.05.